The maximum Gasteiger partial charge on any atom is 0.0843 e. The predicted octanol–water partition coefficient (Wildman–Crippen LogP) is 2.15. The highest BCUT2D eigenvalue weighted by atomic mass is 79.9. The molecule has 0 atom stereocenters. The van der Waals surface area contributed by atoms with E-state index in [1.54, 1.807) is 0 Å². The number of pyridine rings is 1. The topological polar surface area (TPSA) is 12.9 Å². The van der Waals surface area contributed by atoms with E-state index >= 15 is 0 Å². The monoisotopic (exact) mass is 177 g/mol. The minimum atomic E-state index is -2.49. The van der Waals surface area contributed by atoms with Gasteiger partial charge in [0.15, 0.2) is 0 Å². The quantitative estimate of drug-likeness (QED) is 0.593. The van der Waals surface area contributed by atoms with Gasteiger partial charge in [-0.05, 0) is 18.5 Å². The molecule has 0 radical (unpaired) electrons. The molecule has 42 valence electrons. The highest BCUT2D eigenvalue weighted by Gasteiger charge is 1.87. The van der Waals surface area contributed by atoms with Gasteiger partial charge >= 0.3 is 0 Å². The molecule has 1 aromatic rings. The van der Waals surface area contributed by atoms with Crippen LogP contribution in [0.2, 0.25) is 0 Å². The molecular formula is C6H6BrN. The van der Waals surface area contributed by atoms with Crippen molar-refractivity contribution < 1.29 is 8.22 Å². The van der Waals surface area contributed by atoms with Gasteiger partial charge in [0.1, 0.15) is 0 Å². The third-order valence-corrected chi connectivity index (χ3v) is 1.20. The predicted molar refractivity (Wildman–Crippen MR) is 36.7 cm³/mol. The zero-order valence-corrected chi connectivity index (χ0v) is 5.41. The Labute approximate surface area is 65.3 Å². The van der Waals surface area contributed by atoms with E-state index in [2.05, 4.69) is 20.9 Å². The molecule has 0 fully saturated rings. The highest BCUT2D eigenvalue weighted by molar-refractivity contribution is 9.10. The van der Waals surface area contributed by atoms with Gasteiger partial charge < -0.3 is 0 Å². The molecular weight excluding hydrogens is 166 g/mol. The van der Waals surface area contributed by atoms with E-state index in [-0.39, 0.29) is 16.1 Å². The molecule has 8 heavy (non-hydrogen) atoms. The average molecular weight is 178 g/mol. The first kappa shape index (κ1) is 1.81. The number of rotatable bonds is 0. The van der Waals surface area contributed by atoms with Crippen molar-refractivity contribution in [2.24, 2.45) is 0 Å². The second kappa shape index (κ2) is 2.27. The molecule has 2 heteroatoms. The van der Waals surface area contributed by atoms with Gasteiger partial charge in [-0.25, -0.2) is 0 Å². The van der Waals surface area contributed by atoms with Gasteiger partial charge in [-0.3, -0.25) is 4.98 Å². The summed E-state index contributed by atoms with van der Waals surface area (Å²) in [4.78, 5) is 3.36. The molecule has 0 amide bonds. The Bertz CT molecular complexity index is 374. The SMILES string of the molecule is [2H]c1nc([2H])c(C([2H])([2H])[2H])c(Br)c1[2H]. The Hall–Kier alpha value is -0.370. The molecule has 0 aliphatic carbocycles. The lowest BCUT2D eigenvalue weighted by Gasteiger charge is -1.90. The van der Waals surface area contributed by atoms with Crippen LogP contribution >= 0.6 is 15.9 Å². The molecule has 1 heterocycles. The standard InChI is InChI=1S/C6H6BrN/c1-5-4-8-3-2-6(5)7/h2-4H,1H3/i1D3,2D,3D,4D. The molecule has 0 aliphatic rings. The summed E-state index contributed by atoms with van der Waals surface area (Å²) in [5.41, 5.74) is -0.321. The fourth-order valence-electron chi connectivity index (χ4n) is 0.272. The van der Waals surface area contributed by atoms with Crippen molar-refractivity contribution in [1.29, 1.82) is 0 Å². The minimum absolute atomic E-state index is 0.0532. The van der Waals surface area contributed by atoms with Gasteiger partial charge in [0.2, 0.25) is 0 Å². The molecule has 1 nitrogen and oxygen atoms in total. The molecule has 0 saturated heterocycles. The normalized spacial score (nSPS) is 21.6. The van der Waals surface area contributed by atoms with E-state index in [9.17, 15) is 0 Å². The molecule has 1 aromatic heterocycles. The van der Waals surface area contributed by atoms with E-state index in [0.717, 1.165) is 0 Å². The lowest BCUT2D eigenvalue weighted by molar-refractivity contribution is 1.25. The number of halogens is 1. The highest BCUT2D eigenvalue weighted by Crippen LogP contribution is 2.11. The van der Waals surface area contributed by atoms with Crippen molar-refractivity contribution in [3.8, 4) is 0 Å². The van der Waals surface area contributed by atoms with Crippen LogP contribution in [0.15, 0.2) is 22.9 Å². The number of hydrogen-bond donors (Lipinski definition) is 0. The van der Waals surface area contributed by atoms with E-state index in [1.807, 2.05) is 0 Å². The Morgan fingerprint density at radius 1 is 2.00 bits per heavy atom. The number of hydrogen-bond acceptors (Lipinski definition) is 1. The molecule has 0 bridgehead atoms. The van der Waals surface area contributed by atoms with Gasteiger partial charge in [-0.15, -0.1) is 0 Å². The smallest absolute Gasteiger partial charge is 0.0843 e. The van der Waals surface area contributed by atoms with Gasteiger partial charge in [0.05, 0.1) is 4.11 Å². The molecule has 0 unspecified atom stereocenters. The van der Waals surface area contributed by atoms with Crippen LogP contribution in [0.4, 0.5) is 0 Å². The van der Waals surface area contributed by atoms with Crippen LogP contribution in [0.25, 0.3) is 0 Å². The summed E-state index contributed by atoms with van der Waals surface area (Å²) < 4.78 is 43.1. The zero-order valence-electron chi connectivity index (χ0n) is 9.83. The number of nitrogens with zero attached hydrogens (tertiary/aromatic N) is 1. The van der Waals surface area contributed by atoms with E-state index < -0.39 is 19.2 Å². The average Bonchev–Trinajstić information content (AvgIpc) is 1.97. The van der Waals surface area contributed by atoms with Crippen LogP contribution in [-0.2, 0) is 0 Å². The van der Waals surface area contributed by atoms with Gasteiger partial charge in [-0.1, -0.05) is 15.9 Å². The third-order valence-electron chi connectivity index (χ3n) is 0.609. The van der Waals surface area contributed by atoms with Crippen LogP contribution in [0.1, 0.15) is 13.8 Å². The fourth-order valence-corrected chi connectivity index (χ4v) is 0.450. The minimum Gasteiger partial charge on any atom is -0.264 e. The molecule has 0 aromatic carbocycles. The lowest BCUT2D eigenvalue weighted by atomic mass is 10.3. The van der Waals surface area contributed by atoms with Crippen molar-refractivity contribution in [1.82, 2.24) is 4.98 Å². The van der Waals surface area contributed by atoms with Crippen molar-refractivity contribution in [3.63, 3.8) is 0 Å². The Kier molecular flexibility index (Phi) is 0.511. The molecule has 0 aliphatic heterocycles. The van der Waals surface area contributed by atoms with Crippen LogP contribution in [0.3, 0.4) is 0 Å². The van der Waals surface area contributed by atoms with Crippen LogP contribution in [0, 0.1) is 6.85 Å². The summed E-state index contributed by atoms with van der Waals surface area (Å²) in [6.07, 6.45) is -0.896. The van der Waals surface area contributed by atoms with Crippen molar-refractivity contribution in [3.05, 3.63) is 28.4 Å². The lowest BCUT2D eigenvalue weighted by Crippen LogP contribution is -1.74. The van der Waals surface area contributed by atoms with Crippen molar-refractivity contribution in [2.45, 2.75) is 6.85 Å². The summed E-state index contributed by atoms with van der Waals surface area (Å²) in [5.74, 6) is 0. The second-order valence-electron chi connectivity index (χ2n) is 1.15. The maximum atomic E-state index is 7.33. The summed E-state index contributed by atoms with van der Waals surface area (Å²) in [5, 5.41) is 0. The van der Waals surface area contributed by atoms with Crippen LogP contribution < -0.4 is 0 Å². The number of aromatic nitrogens is 1. The van der Waals surface area contributed by atoms with Crippen molar-refractivity contribution >= 4 is 15.9 Å². The van der Waals surface area contributed by atoms with Crippen LogP contribution in [0.5, 0.6) is 0 Å². The summed E-state index contributed by atoms with van der Waals surface area (Å²) in [6, 6.07) is -0.313. The Morgan fingerprint density at radius 2 is 2.88 bits per heavy atom. The molecule has 0 spiro atoms. The summed E-state index contributed by atoms with van der Waals surface area (Å²) in [6.45, 7) is -2.49. The van der Waals surface area contributed by atoms with E-state index in [1.165, 1.54) is 0 Å². The molecule has 0 N–H and O–H groups in total. The maximum absolute atomic E-state index is 7.33. The first-order chi connectivity index (χ1) is 6.25. The van der Waals surface area contributed by atoms with E-state index in [0.29, 0.717) is 0 Å². The first-order valence-electron chi connectivity index (χ1n) is 4.89. The van der Waals surface area contributed by atoms with Crippen LogP contribution in [-0.4, -0.2) is 4.98 Å². The third kappa shape index (κ3) is 1.07. The zero-order chi connectivity index (χ0) is 11.1. The fraction of sp³-hybridized carbons (Fsp3) is 0.167. The van der Waals surface area contributed by atoms with E-state index in [4.69, 9.17) is 8.22 Å². The van der Waals surface area contributed by atoms with Gasteiger partial charge in [0.25, 0.3) is 0 Å². The molecule has 0 saturated carbocycles. The summed E-state index contributed by atoms with van der Waals surface area (Å²) in [7, 11) is 0. The Balaban J connectivity index is 3.53. The van der Waals surface area contributed by atoms with Crippen molar-refractivity contribution in [2.75, 3.05) is 0 Å². The second-order valence-corrected chi connectivity index (χ2v) is 1.94. The molecule has 1 rings (SSSR count). The first-order valence-corrected chi connectivity index (χ1v) is 2.68. The Morgan fingerprint density at radius 3 is 3.62 bits per heavy atom. The van der Waals surface area contributed by atoms with Gasteiger partial charge in [-0.2, -0.15) is 0 Å². The van der Waals surface area contributed by atoms with Gasteiger partial charge in [0, 0.05) is 20.9 Å². The largest absolute Gasteiger partial charge is 0.264 e. The summed E-state index contributed by atoms with van der Waals surface area (Å²) >= 11 is 2.89.